The van der Waals surface area contributed by atoms with Crippen LogP contribution in [0.25, 0.3) is 0 Å². The maximum Gasteiger partial charge on any atom is 0.573 e. The van der Waals surface area contributed by atoms with Gasteiger partial charge in [-0.15, -0.1) is 13.2 Å². The lowest BCUT2D eigenvalue weighted by Crippen LogP contribution is -2.31. The van der Waals surface area contributed by atoms with Crippen LogP contribution >= 0.6 is 0 Å². The number of halogens is 3. The molecule has 0 bridgehead atoms. The maximum atomic E-state index is 12.2. The Bertz CT molecular complexity index is 503. The SMILES string of the molecule is CNC[C@@H]1CCN(C(=O)Cc2ccc(OC(F)(F)F)cc2)C1. The van der Waals surface area contributed by atoms with Gasteiger partial charge in [0.15, 0.2) is 0 Å². The van der Waals surface area contributed by atoms with Crippen molar-refractivity contribution in [3.8, 4) is 5.75 Å². The van der Waals surface area contributed by atoms with Gasteiger partial charge in [0.25, 0.3) is 0 Å². The van der Waals surface area contributed by atoms with Gasteiger partial charge in [-0.3, -0.25) is 4.79 Å². The molecular weight excluding hydrogens is 297 g/mol. The Morgan fingerprint density at radius 2 is 2.05 bits per heavy atom. The Labute approximate surface area is 127 Å². The first-order valence-corrected chi connectivity index (χ1v) is 7.14. The number of nitrogens with one attached hydrogen (secondary N) is 1. The summed E-state index contributed by atoms with van der Waals surface area (Å²) in [5.74, 6) is 0.193. The third kappa shape index (κ3) is 4.91. The van der Waals surface area contributed by atoms with Crippen LogP contribution in [-0.2, 0) is 11.2 Å². The number of amides is 1. The van der Waals surface area contributed by atoms with E-state index in [-0.39, 0.29) is 18.1 Å². The summed E-state index contributed by atoms with van der Waals surface area (Å²) in [6.07, 6.45) is -3.53. The highest BCUT2D eigenvalue weighted by molar-refractivity contribution is 5.79. The molecule has 0 unspecified atom stereocenters. The van der Waals surface area contributed by atoms with Crippen molar-refractivity contribution in [2.45, 2.75) is 19.2 Å². The van der Waals surface area contributed by atoms with Crippen LogP contribution in [-0.4, -0.2) is 43.9 Å². The number of benzene rings is 1. The molecule has 0 aromatic heterocycles. The molecule has 1 fully saturated rings. The second-order valence-electron chi connectivity index (χ2n) is 5.42. The standard InChI is InChI=1S/C15H19F3N2O2/c1-19-9-12-6-7-20(10-12)14(21)8-11-2-4-13(5-3-11)22-15(16,17)18/h2-5,12,19H,6-10H2,1H3/t12-/m0/s1. The molecule has 1 N–H and O–H groups in total. The zero-order chi connectivity index (χ0) is 16.2. The summed E-state index contributed by atoms with van der Waals surface area (Å²) in [6, 6.07) is 5.42. The molecule has 1 aliphatic heterocycles. The van der Waals surface area contributed by atoms with Crippen LogP contribution in [0.5, 0.6) is 5.75 Å². The van der Waals surface area contributed by atoms with Crippen LogP contribution < -0.4 is 10.1 Å². The highest BCUT2D eigenvalue weighted by atomic mass is 19.4. The molecule has 1 saturated heterocycles. The summed E-state index contributed by atoms with van der Waals surface area (Å²) in [5, 5.41) is 3.10. The number of carbonyl (C=O) groups is 1. The van der Waals surface area contributed by atoms with Gasteiger partial charge in [-0.1, -0.05) is 12.1 Å². The molecule has 0 aliphatic carbocycles. The molecule has 1 aromatic rings. The molecule has 1 amide bonds. The Hall–Kier alpha value is -1.76. The second kappa shape index (κ2) is 7.00. The van der Waals surface area contributed by atoms with Gasteiger partial charge < -0.3 is 15.0 Å². The molecule has 1 aromatic carbocycles. The smallest absolute Gasteiger partial charge is 0.406 e. The molecule has 22 heavy (non-hydrogen) atoms. The highest BCUT2D eigenvalue weighted by Gasteiger charge is 2.31. The summed E-state index contributed by atoms with van der Waals surface area (Å²) in [6.45, 7) is 2.35. The molecular formula is C15H19F3N2O2. The van der Waals surface area contributed by atoms with E-state index in [4.69, 9.17) is 0 Å². The van der Waals surface area contributed by atoms with E-state index in [0.29, 0.717) is 11.5 Å². The van der Waals surface area contributed by atoms with Crippen molar-refractivity contribution in [2.24, 2.45) is 5.92 Å². The van der Waals surface area contributed by atoms with Gasteiger partial charge in [-0.2, -0.15) is 0 Å². The molecule has 4 nitrogen and oxygen atoms in total. The molecule has 0 spiro atoms. The fourth-order valence-corrected chi connectivity index (χ4v) is 2.61. The summed E-state index contributed by atoms with van der Waals surface area (Å²) in [4.78, 5) is 14.0. The summed E-state index contributed by atoms with van der Waals surface area (Å²) < 4.78 is 40.0. The van der Waals surface area contributed by atoms with Crippen LogP contribution in [0.1, 0.15) is 12.0 Å². The fraction of sp³-hybridized carbons (Fsp3) is 0.533. The molecule has 7 heteroatoms. The Morgan fingerprint density at radius 1 is 1.36 bits per heavy atom. The predicted octanol–water partition coefficient (Wildman–Crippen LogP) is 2.20. The predicted molar refractivity (Wildman–Crippen MR) is 75.4 cm³/mol. The largest absolute Gasteiger partial charge is 0.573 e. The number of likely N-dealkylation sites (tertiary alicyclic amines) is 1. The lowest BCUT2D eigenvalue weighted by atomic mass is 10.1. The Balaban J connectivity index is 1.87. The first kappa shape index (κ1) is 16.6. The molecule has 1 atom stereocenters. The van der Waals surface area contributed by atoms with E-state index in [1.807, 2.05) is 11.9 Å². The zero-order valence-electron chi connectivity index (χ0n) is 12.3. The number of rotatable bonds is 5. The summed E-state index contributed by atoms with van der Waals surface area (Å²) in [5.41, 5.74) is 0.677. The maximum absolute atomic E-state index is 12.2. The van der Waals surface area contributed by atoms with E-state index in [1.165, 1.54) is 24.3 Å². The minimum Gasteiger partial charge on any atom is -0.406 e. The third-order valence-electron chi connectivity index (χ3n) is 3.64. The highest BCUT2D eigenvalue weighted by Crippen LogP contribution is 2.23. The second-order valence-corrected chi connectivity index (χ2v) is 5.42. The number of carbonyl (C=O) groups excluding carboxylic acids is 1. The van der Waals surface area contributed by atoms with Gasteiger partial charge >= 0.3 is 6.36 Å². The lowest BCUT2D eigenvalue weighted by molar-refractivity contribution is -0.274. The van der Waals surface area contributed by atoms with Crippen LogP contribution in [0.4, 0.5) is 13.2 Å². The molecule has 122 valence electrons. The monoisotopic (exact) mass is 316 g/mol. The average molecular weight is 316 g/mol. The van der Waals surface area contributed by atoms with Crippen molar-refractivity contribution in [3.05, 3.63) is 29.8 Å². The molecule has 2 rings (SSSR count). The van der Waals surface area contributed by atoms with Crippen molar-refractivity contribution in [3.63, 3.8) is 0 Å². The number of ether oxygens (including phenoxy) is 1. The third-order valence-corrected chi connectivity index (χ3v) is 3.64. The van der Waals surface area contributed by atoms with Crippen LogP contribution in [0.3, 0.4) is 0 Å². The van der Waals surface area contributed by atoms with Gasteiger partial charge in [-0.05, 0) is 43.6 Å². The van der Waals surface area contributed by atoms with Gasteiger partial charge in [0.1, 0.15) is 5.75 Å². The molecule has 1 aliphatic rings. The van der Waals surface area contributed by atoms with Crippen molar-refractivity contribution in [1.29, 1.82) is 0 Å². The van der Waals surface area contributed by atoms with Crippen LogP contribution in [0.15, 0.2) is 24.3 Å². The molecule has 0 radical (unpaired) electrons. The number of alkyl halides is 3. The topological polar surface area (TPSA) is 41.6 Å². The van der Waals surface area contributed by atoms with Gasteiger partial charge in [-0.25, -0.2) is 0 Å². The van der Waals surface area contributed by atoms with Crippen LogP contribution in [0, 0.1) is 5.92 Å². The van der Waals surface area contributed by atoms with Crippen molar-refractivity contribution < 1.29 is 22.7 Å². The van der Waals surface area contributed by atoms with Crippen molar-refractivity contribution in [2.75, 3.05) is 26.7 Å². The number of hydrogen-bond acceptors (Lipinski definition) is 3. The van der Waals surface area contributed by atoms with E-state index in [1.54, 1.807) is 0 Å². The molecule has 1 heterocycles. The van der Waals surface area contributed by atoms with Crippen molar-refractivity contribution >= 4 is 5.91 Å². The van der Waals surface area contributed by atoms with E-state index < -0.39 is 6.36 Å². The minimum atomic E-state index is -4.70. The van der Waals surface area contributed by atoms with E-state index >= 15 is 0 Å². The lowest BCUT2D eigenvalue weighted by Gasteiger charge is -2.17. The van der Waals surface area contributed by atoms with Gasteiger partial charge in [0, 0.05) is 13.1 Å². The first-order valence-electron chi connectivity index (χ1n) is 7.14. The zero-order valence-corrected chi connectivity index (χ0v) is 12.3. The van der Waals surface area contributed by atoms with E-state index in [2.05, 4.69) is 10.1 Å². The van der Waals surface area contributed by atoms with E-state index in [0.717, 1.165) is 26.1 Å². The normalized spacial score (nSPS) is 18.5. The number of hydrogen-bond donors (Lipinski definition) is 1. The average Bonchev–Trinajstić information content (AvgIpc) is 2.88. The number of nitrogens with zero attached hydrogens (tertiary/aromatic N) is 1. The Morgan fingerprint density at radius 3 is 2.64 bits per heavy atom. The van der Waals surface area contributed by atoms with E-state index in [9.17, 15) is 18.0 Å². The van der Waals surface area contributed by atoms with Crippen molar-refractivity contribution in [1.82, 2.24) is 10.2 Å². The van der Waals surface area contributed by atoms with Crippen LogP contribution in [0.2, 0.25) is 0 Å². The quantitative estimate of drug-likeness (QED) is 0.905. The molecule has 0 saturated carbocycles. The van der Waals surface area contributed by atoms with Gasteiger partial charge in [0.05, 0.1) is 6.42 Å². The summed E-state index contributed by atoms with van der Waals surface area (Å²) in [7, 11) is 1.88. The van der Waals surface area contributed by atoms with Gasteiger partial charge in [0.2, 0.25) is 5.91 Å². The first-order chi connectivity index (χ1) is 10.4. The summed E-state index contributed by atoms with van der Waals surface area (Å²) >= 11 is 0. The fourth-order valence-electron chi connectivity index (χ4n) is 2.61. The Kier molecular flexibility index (Phi) is 5.28. The minimum absolute atomic E-state index is 0.00286.